The fourth-order valence-corrected chi connectivity index (χ4v) is 7.26. The van der Waals surface area contributed by atoms with Gasteiger partial charge in [0.05, 0.1) is 6.10 Å². The first-order valence-electron chi connectivity index (χ1n) is 10.9. The molecule has 25 heavy (non-hydrogen) atoms. The van der Waals surface area contributed by atoms with E-state index >= 15 is 0 Å². The molecule has 1 aliphatic heterocycles. The average Bonchev–Trinajstić information content (AvgIpc) is 2.93. The smallest absolute Gasteiger partial charge is 0.220 e. The predicted octanol–water partition coefficient (Wildman–Crippen LogP) is 4.69. The first kappa shape index (κ1) is 17.8. The van der Waals surface area contributed by atoms with Gasteiger partial charge in [0.25, 0.3) is 0 Å². The summed E-state index contributed by atoms with van der Waals surface area (Å²) in [5, 5.41) is 3.34. The van der Waals surface area contributed by atoms with Gasteiger partial charge in [0, 0.05) is 19.1 Å². The quantitative estimate of drug-likeness (QED) is 0.749. The zero-order chi connectivity index (χ0) is 17.7. The predicted molar refractivity (Wildman–Crippen MR) is 100 cm³/mol. The summed E-state index contributed by atoms with van der Waals surface area (Å²) in [5.74, 6) is 2.62. The number of carbonyl (C=O) groups is 1. The largest absolute Gasteiger partial charge is 0.378 e. The number of unbranched alkanes of at least 4 members (excludes halogenated alkanes) is 1. The van der Waals surface area contributed by atoms with Crippen LogP contribution in [0.2, 0.25) is 0 Å². The molecule has 0 aromatic carbocycles. The van der Waals surface area contributed by atoms with E-state index in [0.717, 1.165) is 37.2 Å². The molecule has 0 aromatic rings. The average molecular weight is 348 g/mol. The van der Waals surface area contributed by atoms with Crippen LogP contribution in [0, 0.1) is 28.6 Å². The Morgan fingerprint density at radius 2 is 1.92 bits per heavy atom. The maximum atomic E-state index is 11.9. The molecule has 3 aliphatic carbocycles. The fourth-order valence-electron chi connectivity index (χ4n) is 7.26. The first-order chi connectivity index (χ1) is 12.0. The first-order valence-corrected chi connectivity index (χ1v) is 10.9. The van der Waals surface area contributed by atoms with Crippen LogP contribution in [0.1, 0.15) is 85.0 Å². The van der Waals surface area contributed by atoms with Crippen LogP contribution in [-0.2, 0) is 9.53 Å². The van der Waals surface area contributed by atoms with Crippen molar-refractivity contribution in [2.24, 2.45) is 28.6 Å². The molecule has 1 heterocycles. The molecule has 0 bridgehead atoms. The number of piperidine rings is 1. The Labute approximate surface area is 153 Å². The SMILES string of the molecule is CCCCOC1CC[C@@]2(C)CC[C@@H]3[C@@H](CCC4NC(=O)CC[C@@]43C)[C@H]12. The van der Waals surface area contributed by atoms with E-state index in [1.165, 1.54) is 51.4 Å². The van der Waals surface area contributed by atoms with Crippen molar-refractivity contribution in [3.05, 3.63) is 0 Å². The highest BCUT2D eigenvalue weighted by Gasteiger charge is 2.60. The van der Waals surface area contributed by atoms with Crippen molar-refractivity contribution in [1.82, 2.24) is 5.32 Å². The molecule has 3 saturated carbocycles. The minimum atomic E-state index is 0.281. The minimum Gasteiger partial charge on any atom is -0.378 e. The Kier molecular flexibility index (Phi) is 4.67. The highest BCUT2D eigenvalue weighted by atomic mass is 16.5. The Morgan fingerprint density at radius 3 is 2.72 bits per heavy atom. The Balaban J connectivity index is 1.56. The lowest BCUT2D eigenvalue weighted by atomic mass is 9.47. The molecular formula is C22H37NO2. The van der Waals surface area contributed by atoms with Crippen LogP contribution in [0.25, 0.3) is 0 Å². The van der Waals surface area contributed by atoms with Gasteiger partial charge in [0.1, 0.15) is 0 Å². The molecular weight excluding hydrogens is 310 g/mol. The number of fused-ring (bicyclic) bond motifs is 5. The van der Waals surface area contributed by atoms with E-state index in [4.69, 9.17) is 4.74 Å². The van der Waals surface area contributed by atoms with Crippen LogP contribution < -0.4 is 5.32 Å². The molecule has 0 aromatic heterocycles. The summed E-state index contributed by atoms with van der Waals surface area (Å²) in [5.41, 5.74) is 0.813. The van der Waals surface area contributed by atoms with Crippen molar-refractivity contribution in [2.45, 2.75) is 97.1 Å². The normalized spacial score (nSPS) is 49.1. The van der Waals surface area contributed by atoms with E-state index in [1.807, 2.05) is 0 Å². The highest BCUT2D eigenvalue weighted by Crippen LogP contribution is 2.64. The summed E-state index contributed by atoms with van der Waals surface area (Å²) < 4.78 is 6.44. The third kappa shape index (κ3) is 2.85. The van der Waals surface area contributed by atoms with Crippen LogP contribution in [0.4, 0.5) is 0 Å². The Hall–Kier alpha value is -0.570. The van der Waals surface area contributed by atoms with Gasteiger partial charge in [0.2, 0.25) is 5.91 Å². The van der Waals surface area contributed by atoms with Crippen molar-refractivity contribution in [2.75, 3.05) is 6.61 Å². The number of ether oxygens (including phenoxy) is 1. The molecule has 4 fully saturated rings. The zero-order valence-electron chi connectivity index (χ0n) is 16.5. The standard InChI is InChI=1S/C22H37NO2/c1-4-5-14-25-17-9-12-21(2)11-8-16-15(20(17)21)6-7-18-22(16,3)13-10-19(24)23-18/h15-18,20H,4-14H2,1-3H3,(H,23,24)/t15-,16-,17?,18?,20-,21-,22-/m1/s1. The molecule has 0 spiro atoms. The molecule has 7 atom stereocenters. The van der Waals surface area contributed by atoms with Gasteiger partial charge < -0.3 is 10.1 Å². The van der Waals surface area contributed by atoms with Gasteiger partial charge in [-0.15, -0.1) is 0 Å². The Bertz CT molecular complexity index is 520. The highest BCUT2D eigenvalue weighted by molar-refractivity contribution is 5.77. The second-order valence-electron chi connectivity index (χ2n) is 9.99. The van der Waals surface area contributed by atoms with E-state index in [1.54, 1.807) is 0 Å². The van der Waals surface area contributed by atoms with E-state index in [0.29, 0.717) is 23.0 Å². The van der Waals surface area contributed by atoms with Crippen LogP contribution >= 0.6 is 0 Å². The van der Waals surface area contributed by atoms with E-state index < -0.39 is 0 Å². The molecule has 4 aliphatic rings. The van der Waals surface area contributed by atoms with Crippen LogP contribution in [-0.4, -0.2) is 24.7 Å². The van der Waals surface area contributed by atoms with E-state index in [-0.39, 0.29) is 5.91 Å². The van der Waals surface area contributed by atoms with E-state index in [2.05, 4.69) is 26.1 Å². The molecule has 1 amide bonds. The molecule has 3 nitrogen and oxygen atoms in total. The second kappa shape index (κ2) is 6.55. The molecule has 4 rings (SSSR count). The van der Waals surface area contributed by atoms with Crippen molar-refractivity contribution >= 4 is 5.91 Å². The van der Waals surface area contributed by atoms with Gasteiger partial charge in [-0.25, -0.2) is 0 Å². The topological polar surface area (TPSA) is 38.3 Å². The van der Waals surface area contributed by atoms with Gasteiger partial charge in [-0.05, 0) is 80.0 Å². The molecule has 1 saturated heterocycles. The Morgan fingerprint density at radius 1 is 1.12 bits per heavy atom. The van der Waals surface area contributed by atoms with Gasteiger partial charge in [0.15, 0.2) is 0 Å². The van der Waals surface area contributed by atoms with Crippen LogP contribution in [0.3, 0.4) is 0 Å². The molecule has 0 radical (unpaired) electrons. The number of hydrogen-bond acceptors (Lipinski definition) is 2. The minimum absolute atomic E-state index is 0.281. The molecule has 1 N–H and O–H groups in total. The fraction of sp³-hybridized carbons (Fsp3) is 0.955. The summed E-state index contributed by atoms with van der Waals surface area (Å²) in [6, 6.07) is 0.417. The third-order valence-corrected chi connectivity index (χ3v) is 8.70. The summed E-state index contributed by atoms with van der Waals surface area (Å²) >= 11 is 0. The molecule has 3 heteroatoms. The second-order valence-corrected chi connectivity index (χ2v) is 9.99. The number of hydrogen-bond donors (Lipinski definition) is 1. The monoisotopic (exact) mass is 347 g/mol. The molecule has 142 valence electrons. The number of carbonyl (C=O) groups excluding carboxylic acids is 1. The third-order valence-electron chi connectivity index (χ3n) is 8.70. The zero-order valence-corrected chi connectivity index (χ0v) is 16.5. The maximum Gasteiger partial charge on any atom is 0.220 e. The van der Waals surface area contributed by atoms with Gasteiger partial charge >= 0.3 is 0 Å². The summed E-state index contributed by atoms with van der Waals surface area (Å²) in [6.07, 6.45) is 12.5. The number of amides is 1. The van der Waals surface area contributed by atoms with Crippen molar-refractivity contribution < 1.29 is 9.53 Å². The van der Waals surface area contributed by atoms with Gasteiger partial charge in [-0.1, -0.05) is 27.2 Å². The summed E-state index contributed by atoms with van der Waals surface area (Å²) in [4.78, 5) is 11.9. The van der Waals surface area contributed by atoms with Gasteiger partial charge in [-0.2, -0.15) is 0 Å². The molecule has 2 unspecified atom stereocenters. The van der Waals surface area contributed by atoms with Crippen molar-refractivity contribution in [3.8, 4) is 0 Å². The summed E-state index contributed by atoms with van der Waals surface area (Å²) in [7, 11) is 0. The maximum absolute atomic E-state index is 11.9. The lowest BCUT2D eigenvalue weighted by Gasteiger charge is -2.60. The van der Waals surface area contributed by atoms with E-state index in [9.17, 15) is 4.79 Å². The van der Waals surface area contributed by atoms with Crippen LogP contribution in [0.5, 0.6) is 0 Å². The van der Waals surface area contributed by atoms with Crippen molar-refractivity contribution in [3.63, 3.8) is 0 Å². The van der Waals surface area contributed by atoms with Gasteiger partial charge in [-0.3, -0.25) is 4.79 Å². The number of rotatable bonds is 4. The summed E-state index contributed by atoms with van der Waals surface area (Å²) in [6.45, 7) is 8.23. The lowest BCUT2D eigenvalue weighted by molar-refractivity contribution is -0.142. The van der Waals surface area contributed by atoms with Crippen LogP contribution in [0.15, 0.2) is 0 Å². The lowest BCUT2D eigenvalue weighted by Crippen LogP contribution is -2.61. The van der Waals surface area contributed by atoms with Crippen molar-refractivity contribution in [1.29, 1.82) is 0 Å². The number of nitrogens with one attached hydrogen (secondary N) is 1.